The van der Waals surface area contributed by atoms with Crippen LogP contribution < -0.4 is 10.2 Å². The van der Waals surface area contributed by atoms with Crippen LogP contribution in [0.2, 0.25) is 0 Å². The maximum Gasteiger partial charge on any atom is 0.259 e. The summed E-state index contributed by atoms with van der Waals surface area (Å²) in [4.78, 5) is 32.1. The first-order valence-electron chi connectivity index (χ1n) is 8.62. The first kappa shape index (κ1) is 16.3. The molecule has 0 aliphatic carbocycles. The highest BCUT2D eigenvalue weighted by Gasteiger charge is 2.28. The number of hydrogen-bond donors (Lipinski definition) is 1. The molecular weight excluding hydrogens is 326 g/mol. The van der Waals surface area contributed by atoms with Crippen LogP contribution in [-0.2, 0) is 0 Å². The summed E-state index contributed by atoms with van der Waals surface area (Å²) in [6, 6.07) is 15.1. The number of amides is 2. The third-order valence-corrected chi connectivity index (χ3v) is 4.71. The summed E-state index contributed by atoms with van der Waals surface area (Å²) in [6.07, 6.45) is 0. The van der Waals surface area contributed by atoms with E-state index in [1.54, 1.807) is 4.90 Å². The van der Waals surface area contributed by atoms with Crippen molar-refractivity contribution in [3.05, 3.63) is 70.9 Å². The minimum atomic E-state index is -0.135. The minimum Gasteiger partial charge on any atom is -0.350 e. The standard InChI is InChI=1S/C21H19N3O2/c1-13-6-5-9-18-19(13)20(25)22-10-11-24(18)21(26)16-12-14(2)23-17-8-4-3-7-15(16)17/h3-9,12H,10-11H2,1-2H3,(H,22,25). The van der Waals surface area contributed by atoms with Gasteiger partial charge in [-0.25, -0.2) is 0 Å². The lowest BCUT2D eigenvalue weighted by molar-refractivity contribution is 0.0953. The molecule has 1 aromatic heterocycles. The molecule has 0 spiro atoms. The Bertz CT molecular complexity index is 1040. The average molecular weight is 345 g/mol. The number of fused-ring (bicyclic) bond motifs is 2. The Labute approximate surface area is 151 Å². The molecule has 0 saturated carbocycles. The van der Waals surface area contributed by atoms with E-state index in [0.717, 1.165) is 22.2 Å². The molecule has 1 aliphatic rings. The molecule has 2 aromatic carbocycles. The molecule has 4 rings (SSSR count). The third kappa shape index (κ3) is 2.62. The molecule has 5 heteroatoms. The number of aromatic nitrogens is 1. The Morgan fingerprint density at radius 2 is 1.92 bits per heavy atom. The van der Waals surface area contributed by atoms with Gasteiger partial charge in [0.15, 0.2) is 0 Å². The molecule has 5 nitrogen and oxygen atoms in total. The number of aryl methyl sites for hydroxylation is 2. The quantitative estimate of drug-likeness (QED) is 0.736. The van der Waals surface area contributed by atoms with Gasteiger partial charge in [0.2, 0.25) is 0 Å². The van der Waals surface area contributed by atoms with Gasteiger partial charge in [0.1, 0.15) is 0 Å². The number of carbonyl (C=O) groups is 2. The number of carbonyl (C=O) groups excluding carboxylic acids is 2. The zero-order valence-corrected chi connectivity index (χ0v) is 14.7. The number of hydrogen-bond acceptors (Lipinski definition) is 3. The Hall–Kier alpha value is -3.21. The Morgan fingerprint density at radius 1 is 1.12 bits per heavy atom. The van der Waals surface area contributed by atoms with E-state index in [4.69, 9.17) is 0 Å². The number of benzene rings is 2. The first-order chi connectivity index (χ1) is 12.6. The molecule has 3 aromatic rings. The van der Waals surface area contributed by atoms with Crippen molar-refractivity contribution in [1.29, 1.82) is 0 Å². The van der Waals surface area contributed by atoms with Crippen molar-refractivity contribution < 1.29 is 9.59 Å². The number of rotatable bonds is 1. The summed E-state index contributed by atoms with van der Waals surface area (Å²) in [5.41, 5.74) is 4.27. The molecule has 0 saturated heterocycles. The average Bonchev–Trinajstić information content (AvgIpc) is 2.80. The highest BCUT2D eigenvalue weighted by Crippen LogP contribution is 2.28. The highest BCUT2D eigenvalue weighted by molar-refractivity contribution is 6.16. The van der Waals surface area contributed by atoms with Crippen LogP contribution in [0.1, 0.15) is 32.0 Å². The van der Waals surface area contributed by atoms with Crippen molar-refractivity contribution >= 4 is 28.4 Å². The van der Waals surface area contributed by atoms with Crippen molar-refractivity contribution in [2.45, 2.75) is 13.8 Å². The van der Waals surface area contributed by atoms with E-state index in [9.17, 15) is 9.59 Å². The van der Waals surface area contributed by atoms with Gasteiger partial charge in [-0.3, -0.25) is 14.6 Å². The number of nitrogens with zero attached hydrogens (tertiary/aromatic N) is 2. The van der Waals surface area contributed by atoms with E-state index in [0.29, 0.717) is 29.9 Å². The van der Waals surface area contributed by atoms with Crippen molar-refractivity contribution in [3.63, 3.8) is 0 Å². The predicted molar refractivity (Wildman–Crippen MR) is 102 cm³/mol. The summed E-state index contributed by atoms with van der Waals surface area (Å²) in [6.45, 7) is 4.62. The van der Waals surface area contributed by atoms with E-state index in [-0.39, 0.29) is 11.8 Å². The van der Waals surface area contributed by atoms with E-state index >= 15 is 0 Å². The predicted octanol–water partition coefficient (Wildman–Crippen LogP) is 3.24. The second-order valence-corrected chi connectivity index (χ2v) is 6.51. The van der Waals surface area contributed by atoms with Crippen LogP contribution in [-0.4, -0.2) is 29.9 Å². The third-order valence-electron chi connectivity index (χ3n) is 4.71. The minimum absolute atomic E-state index is 0.116. The zero-order valence-electron chi connectivity index (χ0n) is 14.7. The van der Waals surface area contributed by atoms with Gasteiger partial charge in [0, 0.05) is 24.2 Å². The summed E-state index contributed by atoms with van der Waals surface area (Å²) >= 11 is 0. The molecule has 130 valence electrons. The summed E-state index contributed by atoms with van der Waals surface area (Å²) in [5, 5.41) is 3.70. The molecule has 1 aliphatic heterocycles. The van der Waals surface area contributed by atoms with E-state index in [1.807, 2.05) is 62.4 Å². The molecular formula is C21H19N3O2. The maximum absolute atomic E-state index is 13.5. The van der Waals surface area contributed by atoms with Crippen LogP contribution in [0.15, 0.2) is 48.5 Å². The lowest BCUT2D eigenvalue weighted by Gasteiger charge is -2.23. The van der Waals surface area contributed by atoms with Gasteiger partial charge in [-0.2, -0.15) is 0 Å². The van der Waals surface area contributed by atoms with Crippen LogP contribution in [0.5, 0.6) is 0 Å². The molecule has 0 bridgehead atoms. The largest absolute Gasteiger partial charge is 0.350 e. The van der Waals surface area contributed by atoms with Gasteiger partial charge in [-0.05, 0) is 37.6 Å². The van der Waals surface area contributed by atoms with Crippen molar-refractivity contribution in [2.24, 2.45) is 0 Å². The van der Waals surface area contributed by atoms with Crippen LogP contribution in [0.25, 0.3) is 10.9 Å². The fraction of sp³-hybridized carbons (Fsp3) is 0.190. The van der Waals surface area contributed by atoms with Crippen molar-refractivity contribution in [1.82, 2.24) is 10.3 Å². The number of nitrogens with one attached hydrogen (secondary N) is 1. The van der Waals surface area contributed by atoms with E-state index in [1.165, 1.54) is 0 Å². The normalized spacial score (nSPS) is 13.9. The smallest absolute Gasteiger partial charge is 0.259 e. The van der Waals surface area contributed by atoms with Gasteiger partial charge in [-0.15, -0.1) is 0 Å². The van der Waals surface area contributed by atoms with Gasteiger partial charge < -0.3 is 10.2 Å². The maximum atomic E-state index is 13.5. The second-order valence-electron chi connectivity index (χ2n) is 6.51. The highest BCUT2D eigenvalue weighted by atomic mass is 16.2. The van der Waals surface area contributed by atoms with Crippen molar-refractivity contribution in [3.8, 4) is 0 Å². The topological polar surface area (TPSA) is 62.3 Å². The van der Waals surface area contributed by atoms with Crippen LogP contribution in [0, 0.1) is 13.8 Å². The summed E-state index contributed by atoms with van der Waals surface area (Å²) in [7, 11) is 0. The Balaban J connectivity index is 1.89. The summed E-state index contributed by atoms with van der Waals surface area (Å²) in [5.74, 6) is -0.251. The number of anilines is 1. The molecule has 0 fully saturated rings. The van der Waals surface area contributed by atoms with E-state index < -0.39 is 0 Å². The number of pyridine rings is 1. The SMILES string of the molecule is Cc1cc(C(=O)N2CCNC(=O)c3c(C)cccc32)c2ccccc2n1. The first-order valence-corrected chi connectivity index (χ1v) is 8.62. The monoisotopic (exact) mass is 345 g/mol. The number of para-hydroxylation sites is 1. The van der Waals surface area contributed by atoms with Gasteiger partial charge in [0.25, 0.3) is 11.8 Å². The molecule has 1 N–H and O–H groups in total. The molecule has 0 unspecified atom stereocenters. The van der Waals surface area contributed by atoms with Gasteiger partial charge in [0.05, 0.1) is 22.3 Å². The molecule has 26 heavy (non-hydrogen) atoms. The molecule has 2 heterocycles. The van der Waals surface area contributed by atoms with Crippen molar-refractivity contribution in [2.75, 3.05) is 18.0 Å². The lowest BCUT2D eigenvalue weighted by atomic mass is 10.0. The van der Waals surface area contributed by atoms with Gasteiger partial charge in [-0.1, -0.05) is 30.3 Å². The van der Waals surface area contributed by atoms with E-state index in [2.05, 4.69) is 10.3 Å². The fourth-order valence-electron chi connectivity index (χ4n) is 3.50. The van der Waals surface area contributed by atoms with Crippen LogP contribution in [0.4, 0.5) is 5.69 Å². The van der Waals surface area contributed by atoms with Gasteiger partial charge >= 0.3 is 0 Å². The summed E-state index contributed by atoms with van der Waals surface area (Å²) < 4.78 is 0. The lowest BCUT2D eigenvalue weighted by Crippen LogP contribution is -2.35. The molecule has 2 amide bonds. The van der Waals surface area contributed by atoms with Crippen LogP contribution >= 0.6 is 0 Å². The van der Waals surface area contributed by atoms with Crippen LogP contribution in [0.3, 0.4) is 0 Å². The zero-order chi connectivity index (χ0) is 18.3. The molecule has 0 atom stereocenters. The fourth-order valence-corrected chi connectivity index (χ4v) is 3.50. The molecule has 0 radical (unpaired) electrons. The Morgan fingerprint density at radius 3 is 2.77 bits per heavy atom. The Kier molecular flexibility index (Phi) is 3.92. The second kappa shape index (κ2) is 6.26.